The van der Waals surface area contributed by atoms with E-state index in [1.165, 1.54) is 6.92 Å². The molecule has 0 bridgehead atoms. The second kappa shape index (κ2) is 6.35. The van der Waals surface area contributed by atoms with Gasteiger partial charge in [-0.1, -0.05) is 0 Å². The smallest absolute Gasteiger partial charge is 0.221 e. The summed E-state index contributed by atoms with van der Waals surface area (Å²) in [4.78, 5) is 19.7. The Bertz CT molecular complexity index is 654. The molecule has 2 rings (SSSR count). The highest BCUT2D eigenvalue weighted by Gasteiger charge is 2.11. The number of carbonyl (C=O) groups is 1. The SMILES string of the molecule is CC(=O)Nc1ccc(NC(C)c2nccnc2C)cc1C. The van der Waals surface area contributed by atoms with Gasteiger partial charge >= 0.3 is 0 Å². The van der Waals surface area contributed by atoms with Gasteiger partial charge in [0.1, 0.15) is 0 Å². The van der Waals surface area contributed by atoms with Crippen molar-refractivity contribution in [2.45, 2.75) is 33.7 Å². The summed E-state index contributed by atoms with van der Waals surface area (Å²) in [6.45, 7) is 7.47. The molecule has 0 aliphatic carbocycles. The van der Waals surface area contributed by atoms with Gasteiger partial charge in [-0.3, -0.25) is 14.8 Å². The van der Waals surface area contributed by atoms with Crippen LogP contribution in [0, 0.1) is 13.8 Å². The molecule has 2 aromatic rings. The summed E-state index contributed by atoms with van der Waals surface area (Å²) in [5, 5.41) is 6.21. The van der Waals surface area contributed by atoms with Gasteiger partial charge in [-0.2, -0.15) is 0 Å². The fourth-order valence-electron chi connectivity index (χ4n) is 2.25. The highest BCUT2D eigenvalue weighted by atomic mass is 16.1. The molecule has 0 radical (unpaired) electrons. The van der Waals surface area contributed by atoms with Crippen LogP contribution in [-0.2, 0) is 4.79 Å². The van der Waals surface area contributed by atoms with E-state index in [0.29, 0.717) is 0 Å². The normalized spacial score (nSPS) is 11.8. The van der Waals surface area contributed by atoms with Gasteiger partial charge in [0.15, 0.2) is 0 Å². The zero-order valence-electron chi connectivity index (χ0n) is 12.8. The zero-order valence-corrected chi connectivity index (χ0v) is 12.8. The lowest BCUT2D eigenvalue weighted by Gasteiger charge is -2.17. The maximum atomic E-state index is 11.1. The van der Waals surface area contributed by atoms with Gasteiger partial charge < -0.3 is 10.6 Å². The maximum Gasteiger partial charge on any atom is 0.221 e. The molecular weight excluding hydrogens is 264 g/mol. The van der Waals surface area contributed by atoms with Gasteiger partial charge in [-0.25, -0.2) is 0 Å². The van der Waals surface area contributed by atoms with Crippen molar-refractivity contribution in [2.24, 2.45) is 0 Å². The molecule has 0 saturated carbocycles. The average Bonchev–Trinajstić information content (AvgIpc) is 2.42. The fourth-order valence-corrected chi connectivity index (χ4v) is 2.25. The summed E-state index contributed by atoms with van der Waals surface area (Å²) in [6.07, 6.45) is 3.39. The maximum absolute atomic E-state index is 11.1. The van der Waals surface area contributed by atoms with Crippen LogP contribution in [0.25, 0.3) is 0 Å². The lowest BCUT2D eigenvalue weighted by Crippen LogP contribution is -2.12. The van der Waals surface area contributed by atoms with E-state index in [1.807, 2.05) is 39.0 Å². The van der Waals surface area contributed by atoms with E-state index in [9.17, 15) is 4.79 Å². The lowest BCUT2D eigenvalue weighted by molar-refractivity contribution is -0.114. The first-order valence-corrected chi connectivity index (χ1v) is 6.89. The fraction of sp³-hybridized carbons (Fsp3) is 0.312. The van der Waals surface area contributed by atoms with Crippen molar-refractivity contribution in [3.63, 3.8) is 0 Å². The quantitative estimate of drug-likeness (QED) is 0.904. The Labute approximate surface area is 124 Å². The Balaban J connectivity index is 2.15. The van der Waals surface area contributed by atoms with E-state index < -0.39 is 0 Å². The Morgan fingerprint density at radius 2 is 1.90 bits per heavy atom. The molecule has 0 aliphatic rings. The van der Waals surface area contributed by atoms with E-state index in [4.69, 9.17) is 0 Å². The number of nitrogens with one attached hydrogen (secondary N) is 2. The van der Waals surface area contributed by atoms with Crippen molar-refractivity contribution in [3.05, 3.63) is 47.5 Å². The third-order valence-electron chi connectivity index (χ3n) is 3.25. The van der Waals surface area contributed by atoms with Crippen LogP contribution in [0.1, 0.15) is 36.8 Å². The van der Waals surface area contributed by atoms with Crippen molar-refractivity contribution in [3.8, 4) is 0 Å². The highest BCUT2D eigenvalue weighted by molar-refractivity contribution is 5.89. The summed E-state index contributed by atoms with van der Waals surface area (Å²) in [5.74, 6) is -0.0673. The minimum atomic E-state index is -0.0673. The number of aryl methyl sites for hydroxylation is 2. The predicted octanol–water partition coefficient (Wildman–Crippen LogP) is 3.22. The molecule has 1 heterocycles. The largest absolute Gasteiger partial charge is 0.377 e. The van der Waals surface area contributed by atoms with E-state index in [1.54, 1.807) is 12.4 Å². The Kier molecular flexibility index (Phi) is 4.52. The van der Waals surface area contributed by atoms with Gasteiger partial charge in [-0.05, 0) is 44.5 Å². The predicted molar refractivity (Wildman–Crippen MR) is 84.3 cm³/mol. The van der Waals surface area contributed by atoms with Gasteiger partial charge in [0.2, 0.25) is 5.91 Å². The first kappa shape index (κ1) is 15.0. The van der Waals surface area contributed by atoms with Crippen LogP contribution in [0.3, 0.4) is 0 Å². The number of aromatic nitrogens is 2. The van der Waals surface area contributed by atoms with Crippen LogP contribution >= 0.6 is 0 Å². The van der Waals surface area contributed by atoms with E-state index in [0.717, 1.165) is 28.3 Å². The monoisotopic (exact) mass is 284 g/mol. The van der Waals surface area contributed by atoms with Gasteiger partial charge in [0.25, 0.3) is 0 Å². The molecule has 1 amide bonds. The first-order chi connectivity index (χ1) is 9.97. The number of anilines is 2. The molecule has 1 atom stereocenters. The molecule has 0 saturated heterocycles. The van der Waals surface area contributed by atoms with Crippen molar-refractivity contribution in [1.82, 2.24) is 9.97 Å². The van der Waals surface area contributed by atoms with Crippen molar-refractivity contribution in [1.29, 1.82) is 0 Å². The summed E-state index contributed by atoms with van der Waals surface area (Å²) < 4.78 is 0. The topological polar surface area (TPSA) is 66.9 Å². The summed E-state index contributed by atoms with van der Waals surface area (Å²) in [5.41, 5.74) is 4.68. The number of hydrogen-bond donors (Lipinski definition) is 2. The molecule has 5 nitrogen and oxygen atoms in total. The summed E-state index contributed by atoms with van der Waals surface area (Å²) >= 11 is 0. The Hall–Kier alpha value is -2.43. The number of hydrogen-bond acceptors (Lipinski definition) is 4. The average molecular weight is 284 g/mol. The molecule has 21 heavy (non-hydrogen) atoms. The van der Waals surface area contributed by atoms with Crippen LogP contribution in [0.15, 0.2) is 30.6 Å². The molecule has 0 aliphatic heterocycles. The molecule has 1 unspecified atom stereocenters. The molecule has 0 fully saturated rings. The minimum Gasteiger partial charge on any atom is -0.377 e. The summed E-state index contributed by atoms with van der Waals surface area (Å²) in [6, 6.07) is 5.91. The zero-order chi connectivity index (χ0) is 15.4. The third kappa shape index (κ3) is 3.78. The van der Waals surface area contributed by atoms with Crippen molar-refractivity contribution in [2.75, 3.05) is 10.6 Å². The standard InChI is InChI=1S/C16H20N4O/c1-10-9-14(5-6-15(10)20-13(4)21)19-12(3)16-11(2)17-7-8-18-16/h5-9,12,19H,1-4H3,(H,20,21). The molecule has 1 aromatic carbocycles. The van der Waals surface area contributed by atoms with E-state index in [-0.39, 0.29) is 11.9 Å². The number of benzene rings is 1. The van der Waals surface area contributed by atoms with Crippen molar-refractivity contribution < 1.29 is 4.79 Å². The second-order valence-electron chi connectivity index (χ2n) is 5.10. The van der Waals surface area contributed by atoms with Crippen molar-refractivity contribution >= 4 is 17.3 Å². The van der Waals surface area contributed by atoms with Gasteiger partial charge in [0.05, 0.1) is 17.4 Å². The number of amides is 1. The Morgan fingerprint density at radius 1 is 1.19 bits per heavy atom. The van der Waals surface area contributed by atoms with E-state index in [2.05, 4.69) is 20.6 Å². The Morgan fingerprint density at radius 3 is 2.52 bits per heavy atom. The van der Waals surface area contributed by atoms with Gasteiger partial charge in [0, 0.05) is 30.7 Å². The highest BCUT2D eigenvalue weighted by Crippen LogP contribution is 2.23. The lowest BCUT2D eigenvalue weighted by atomic mass is 10.1. The number of nitrogens with zero attached hydrogens (tertiary/aromatic N) is 2. The van der Waals surface area contributed by atoms with Crippen LogP contribution in [-0.4, -0.2) is 15.9 Å². The number of carbonyl (C=O) groups excluding carboxylic acids is 1. The molecule has 2 N–H and O–H groups in total. The minimum absolute atomic E-state index is 0.0599. The second-order valence-corrected chi connectivity index (χ2v) is 5.10. The van der Waals surface area contributed by atoms with Crippen LogP contribution in [0.4, 0.5) is 11.4 Å². The van der Waals surface area contributed by atoms with Crippen LogP contribution in [0.2, 0.25) is 0 Å². The molecular formula is C16H20N4O. The van der Waals surface area contributed by atoms with E-state index >= 15 is 0 Å². The van der Waals surface area contributed by atoms with Gasteiger partial charge in [-0.15, -0.1) is 0 Å². The first-order valence-electron chi connectivity index (χ1n) is 6.89. The molecule has 0 spiro atoms. The molecule has 1 aromatic heterocycles. The van der Waals surface area contributed by atoms with Crippen LogP contribution in [0.5, 0.6) is 0 Å². The molecule has 110 valence electrons. The van der Waals surface area contributed by atoms with Crippen LogP contribution < -0.4 is 10.6 Å². The third-order valence-corrected chi connectivity index (χ3v) is 3.25. The summed E-state index contributed by atoms with van der Waals surface area (Å²) in [7, 11) is 0. The number of rotatable bonds is 4. The molecule has 5 heteroatoms.